The Labute approximate surface area is 167 Å². The zero-order valence-corrected chi connectivity index (χ0v) is 15.9. The number of hydrogen-bond donors (Lipinski definition) is 1. The number of aromatic nitrogens is 1. The molecule has 3 aromatic rings. The molecule has 28 heavy (non-hydrogen) atoms. The minimum atomic E-state index is -0.383. The van der Waals surface area contributed by atoms with Gasteiger partial charge in [-0.15, -0.1) is 0 Å². The molecule has 1 heterocycles. The van der Waals surface area contributed by atoms with Crippen molar-refractivity contribution < 1.29 is 14.3 Å². The molecule has 3 rings (SSSR count). The van der Waals surface area contributed by atoms with Crippen molar-refractivity contribution in [3.63, 3.8) is 0 Å². The second-order valence-electron chi connectivity index (χ2n) is 5.74. The van der Waals surface area contributed by atoms with Crippen LogP contribution in [0.1, 0.15) is 21.6 Å². The summed E-state index contributed by atoms with van der Waals surface area (Å²) in [6.45, 7) is 0.390. The van der Waals surface area contributed by atoms with Crippen LogP contribution in [0.5, 0.6) is 11.5 Å². The van der Waals surface area contributed by atoms with Crippen molar-refractivity contribution in [2.75, 3.05) is 7.11 Å². The second kappa shape index (κ2) is 9.53. The van der Waals surface area contributed by atoms with Crippen LogP contribution in [0, 0.1) is 0 Å². The Kier molecular flexibility index (Phi) is 6.59. The third-order valence-corrected chi connectivity index (χ3v) is 4.02. The second-order valence-corrected chi connectivity index (χ2v) is 6.18. The highest BCUT2D eigenvalue weighted by Gasteiger charge is 2.07. The molecule has 0 bridgehead atoms. The number of ether oxygens (including phenoxy) is 2. The molecule has 7 heteroatoms. The highest BCUT2D eigenvalue weighted by Crippen LogP contribution is 2.28. The number of pyridine rings is 1. The van der Waals surface area contributed by atoms with E-state index >= 15 is 0 Å². The lowest BCUT2D eigenvalue weighted by Gasteiger charge is -2.11. The number of halogens is 1. The molecule has 2 aromatic carbocycles. The quantitative estimate of drug-likeness (QED) is 0.483. The number of amides is 1. The monoisotopic (exact) mass is 395 g/mol. The largest absolute Gasteiger partial charge is 0.493 e. The smallest absolute Gasteiger partial charge is 0.289 e. The predicted octanol–water partition coefficient (Wildman–Crippen LogP) is 4.09. The SMILES string of the molecule is COc1cc(/C=N\NC(=O)c2ccccn2)ccc1OCc1ccc(Cl)cc1. The third-order valence-electron chi connectivity index (χ3n) is 3.77. The molecule has 0 aliphatic heterocycles. The highest BCUT2D eigenvalue weighted by molar-refractivity contribution is 6.30. The molecule has 1 N–H and O–H groups in total. The van der Waals surface area contributed by atoms with Crippen LogP contribution < -0.4 is 14.9 Å². The van der Waals surface area contributed by atoms with E-state index in [0.717, 1.165) is 11.1 Å². The molecule has 0 saturated heterocycles. The lowest BCUT2D eigenvalue weighted by Crippen LogP contribution is -2.18. The molecule has 0 radical (unpaired) electrons. The van der Waals surface area contributed by atoms with Gasteiger partial charge in [-0.25, -0.2) is 5.43 Å². The van der Waals surface area contributed by atoms with Crippen molar-refractivity contribution in [3.05, 3.63) is 88.7 Å². The summed E-state index contributed by atoms with van der Waals surface area (Å²) in [5.41, 5.74) is 4.47. The van der Waals surface area contributed by atoms with E-state index < -0.39 is 0 Å². The van der Waals surface area contributed by atoms with Crippen LogP contribution in [-0.4, -0.2) is 24.2 Å². The van der Waals surface area contributed by atoms with E-state index in [1.165, 1.54) is 6.21 Å². The Morgan fingerprint density at radius 1 is 1.14 bits per heavy atom. The number of nitrogens with one attached hydrogen (secondary N) is 1. The summed E-state index contributed by atoms with van der Waals surface area (Å²) in [5.74, 6) is 0.785. The van der Waals surface area contributed by atoms with Crippen molar-refractivity contribution in [1.82, 2.24) is 10.4 Å². The van der Waals surface area contributed by atoms with Crippen LogP contribution in [0.4, 0.5) is 0 Å². The zero-order chi connectivity index (χ0) is 19.8. The zero-order valence-electron chi connectivity index (χ0n) is 15.1. The average Bonchev–Trinajstić information content (AvgIpc) is 2.74. The molecule has 0 saturated carbocycles. The minimum Gasteiger partial charge on any atom is -0.493 e. The van der Waals surface area contributed by atoms with Gasteiger partial charge in [-0.2, -0.15) is 5.10 Å². The summed E-state index contributed by atoms with van der Waals surface area (Å²) >= 11 is 5.89. The van der Waals surface area contributed by atoms with Crippen molar-refractivity contribution in [2.24, 2.45) is 5.10 Å². The Bertz CT molecular complexity index is 960. The van der Waals surface area contributed by atoms with Gasteiger partial charge >= 0.3 is 0 Å². The fourth-order valence-electron chi connectivity index (χ4n) is 2.35. The average molecular weight is 396 g/mol. The van der Waals surface area contributed by atoms with E-state index in [-0.39, 0.29) is 5.91 Å². The van der Waals surface area contributed by atoms with Crippen LogP contribution in [0.3, 0.4) is 0 Å². The Morgan fingerprint density at radius 3 is 2.68 bits per heavy atom. The summed E-state index contributed by atoms with van der Waals surface area (Å²) in [7, 11) is 1.56. The lowest BCUT2D eigenvalue weighted by atomic mass is 10.2. The third kappa shape index (κ3) is 5.31. The standard InChI is InChI=1S/C21H18ClN3O3/c1-27-20-12-16(13-24-25-21(26)18-4-2-3-11-23-18)7-10-19(20)28-14-15-5-8-17(22)9-6-15/h2-13H,14H2,1H3,(H,25,26)/b24-13-. The molecule has 0 aliphatic carbocycles. The predicted molar refractivity (Wildman–Crippen MR) is 108 cm³/mol. The van der Waals surface area contributed by atoms with Gasteiger partial charge in [0.2, 0.25) is 0 Å². The van der Waals surface area contributed by atoms with Crippen molar-refractivity contribution >= 4 is 23.7 Å². The fraction of sp³-hybridized carbons (Fsp3) is 0.0952. The van der Waals surface area contributed by atoms with Gasteiger partial charge in [-0.3, -0.25) is 9.78 Å². The maximum absolute atomic E-state index is 11.9. The number of hydrogen-bond acceptors (Lipinski definition) is 5. The molecule has 6 nitrogen and oxygen atoms in total. The fourth-order valence-corrected chi connectivity index (χ4v) is 2.47. The first kappa shape index (κ1) is 19.4. The van der Waals surface area contributed by atoms with Crippen molar-refractivity contribution in [1.29, 1.82) is 0 Å². The number of methoxy groups -OCH3 is 1. The van der Waals surface area contributed by atoms with Gasteiger partial charge in [0.25, 0.3) is 5.91 Å². The van der Waals surface area contributed by atoms with Gasteiger partial charge in [0.1, 0.15) is 12.3 Å². The number of hydrazone groups is 1. The van der Waals surface area contributed by atoms with Crippen molar-refractivity contribution in [3.8, 4) is 11.5 Å². The van der Waals surface area contributed by atoms with E-state index in [1.807, 2.05) is 30.3 Å². The molecule has 0 aliphatic rings. The van der Waals surface area contributed by atoms with Gasteiger partial charge in [0, 0.05) is 11.2 Å². The number of nitrogens with zero attached hydrogens (tertiary/aromatic N) is 2. The summed E-state index contributed by atoms with van der Waals surface area (Å²) in [4.78, 5) is 15.9. The van der Waals surface area contributed by atoms with Crippen LogP contribution in [0.15, 0.2) is 72.0 Å². The van der Waals surface area contributed by atoms with Crippen LogP contribution >= 0.6 is 11.6 Å². The van der Waals surface area contributed by atoms with Crippen LogP contribution in [-0.2, 0) is 6.61 Å². The molecule has 1 aromatic heterocycles. The topological polar surface area (TPSA) is 72.8 Å². The Balaban J connectivity index is 1.62. The molecule has 142 valence electrons. The van der Waals surface area contributed by atoms with Gasteiger partial charge in [0.15, 0.2) is 11.5 Å². The summed E-state index contributed by atoms with van der Waals surface area (Å²) in [6, 6.07) is 17.9. The van der Waals surface area contributed by atoms with Gasteiger partial charge < -0.3 is 9.47 Å². The lowest BCUT2D eigenvalue weighted by molar-refractivity contribution is 0.0950. The van der Waals surface area contributed by atoms with E-state index in [9.17, 15) is 4.79 Å². The summed E-state index contributed by atoms with van der Waals surface area (Å²) in [5, 5.41) is 4.63. The van der Waals surface area contributed by atoms with E-state index in [2.05, 4.69) is 15.5 Å². The van der Waals surface area contributed by atoms with Gasteiger partial charge in [-0.05, 0) is 53.6 Å². The van der Waals surface area contributed by atoms with E-state index in [0.29, 0.717) is 28.8 Å². The van der Waals surface area contributed by atoms with Crippen molar-refractivity contribution in [2.45, 2.75) is 6.61 Å². The molecule has 0 atom stereocenters. The normalized spacial score (nSPS) is 10.6. The molecular formula is C21H18ClN3O3. The molecule has 0 spiro atoms. The minimum absolute atomic E-state index is 0.295. The summed E-state index contributed by atoms with van der Waals surface area (Å²) in [6.07, 6.45) is 3.07. The first-order chi connectivity index (χ1) is 13.7. The first-order valence-corrected chi connectivity index (χ1v) is 8.83. The number of rotatable bonds is 7. The summed E-state index contributed by atoms with van der Waals surface area (Å²) < 4.78 is 11.2. The number of carbonyl (C=O) groups is 1. The van der Waals surface area contributed by atoms with Crippen LogP contribution in [0.2, 0.25) is 5.02 Å². The molecular weight excluding hydrogens is 378 g/mol. The molecule has 0 fully saturated rings. The van der Waals surface area contributed by atoms with E-state index in [4.69, 9.17) is 21.1 Å². The Hall–Kier alpha value is -3.38. The Morgan fingerprint density at radius 2 is 1.96 bits per heavy atom. The van der Waals surface area contributed by atoms with Crippen LogP contribution in [0.25, 0.3) is 0 Å². The van der Waals surface area contributed by atoms with Gasteiger partial charge in [-0.1, -0.05) is 29.8 Å². The van der Waals surface area contributed by atoms with Gasteiger partial charge in [0.05, 0.1) is 13.3 Å². The highest BCUT2D eigenvalue weighted by atomic mass is 35.5. The number of benzene rings is 2. The maximum atomic E-state index is 11.9. The maximum Gasteiger partial charge on any atom is 0.289 e. The molecule has 1 amide bonds. The first-order valence-electron chi connectivity index (χ1n) is 8.45. The van der Waals surface area contributed by atoms with E-state index in [1.54, 1.807) is 43.6 Å². The number of carbonyl (C=O) groups excluding carboxylic acids is 1. The molecule has 0 unspecified atom stereocenters.